The van der Waals surface area contributed by atoms with Crippen LogP contribution in [-0.2, 0) is 14.4 Å². The van der Waals surface area contributed by atoms with Gasteiger partial charge in [-0.15, -0.1) is 0 Å². The number of phenolic OH excluding ortho intramolecular Hbond substituents is 2. The highest BCUT2D eigenvalue weighted by Gasteiger charge is 2.24. The number of aliphatic hydroxyl groups excluding tert-OH is 1. The molecule has 6 nitrogen and oxygen atoms in total. The molecule has 0 bridgehead atoms. The van der Waals surface area contributed by atoms with Gasteiger partial charge in [-0.25, -0.2) is 0 Å². The predicted molar refractivity (Wildman–Crippen MR) is 297 cm³/mol. The summed E-state index contributed by atoms with van der Waals surface area (Å²) in [6.45, 7) is 0. The summed E-state index contributed by atoms with van der Waals surface area (Å²) in [7, 11) is 0. The van der Waals surface area contributed by atoms with Crippen molar-refractivity contribution in [1.29, 1.82) is 0 Å². The monoisotopic (exact) mass is 957 g/mol. The third-order valence-corrected chi connectivity index (χ3v) is 13.8. The average Bonchev–Trinajstić information content (AvgIpc) is 3.38. The molecule has 6 fully saturated rings. The first-order valence-corrected chi connectivity index (χ1v) is 26.7. The summed E-state index contributed by atoms with van der Waals surface area (Å²) in [5.41, 5.74) is 1.55. The fourth-order valence-electron chi connectivity index (χ4n) is 9.89. The molecule has 3 N–H and O–H groups in total. The lowest BCUT2D eigenvalue weighted by molar-refractivity contribution is -0.121. The van der Waals surface area contributed by atoms with Gasteiger partial charge in [-0.3, -0.25) is 14.4 Å². The SMILES string of the molecule is C.C.C.C1CCC(C2CCCCC2)CC1.O=C1C=CCCC1.O=C1CCCCC1.O=C1CCCCC1.OC1CCCCC1.Oc1ccccc1.Oc1ccccc1.[HH].c1ccc(C2CCCCC2)cc1. The van der Waals surface area contributed by atoms with E-state index in [9.17, 15) is 14.4 Å². The van der Waals surface area contributed by atoms with Crippen LogP contribution in [-0.4, -0.2) is 38.8 Å². The lowest BCUT2D eigenvalue weighted by atomic mass is 9.73. The predicted octanol–water partition coefficient (Wildman–Crippen LogP) is 18.5. The third-order valence-electron chi connectivity index (χ3n) is 13.8. The average molecular weight is 958 g/mol. The Kier molecular flexibility index (Phi) is 41.4. The second kappa shape index (κ2) is 44.0. The number of ketones is 3. The molecule has 0 saturated heterocycles. The van der Waals surface area contributed by atoms with Crippen molar-refractivity contribution in [1.82, 2.24) is 0 Å². The molecule has 0 aliphatic heterocycles. The number of allylic oxidation sites excluding steroid dienone is 2. The zero-order valence-electron chi connectivity index (χ0n) is 41.0. The summed E-state index contributed by atoms with van der Waals surface area (Å²) in [6.07, 6.45) is 45.4. The smallest absolute Gasteiger partial charge is 0.155 e. The number of aromatic hydroxyl groups is 2. The fraction of sp³-hybridized carbons (Fsp3) is 0.635. The van der Waals surface area contributed by atoms with Gasteiger partial charge in [0.15, 0.2) is 5.78 Å². The summed E-state index contributed by atoms with van der Waals surface area (Å²) in [5, 5.41) is 26.2. The van der Waals surface area contributed by atoms with E-state index in [0.717, 1.165) is 101 Å². The molecule has 0 heterocycles. The van der Waals surface area contributed by atoms with Crippen LogP contribution in [0.1, 0.15) is 247 Å². The Balaban J connectivity index is 0. The minimum atomic E-state index is 0. The standard InChI is InChI=1S/C12H22.C12H16.C6H12O.2C6H10O.C6H8O.2C6H6O.3CH4.H2/c2*1-3-7-11(8-4-1)12-9-5-2-6-10-12;6*7-6-4-2-1-3-5-6;;;;/h11-12H,1-10H2;1,3-4,7-8,12H,2,5-6,9-10H2;6-7H,1-5H2;2*1-5H2;2,4H,1,3,5H2;2*1-5,7H;3*1H4;1H. The van der Waals surface area contributed by atoms with Gasteiger partial charge in [0.2, 0.25) is 0 Å². The molecule has 3 aromatic carbocycles. The van der Waals surface area contributed by atoms with E-state index in [1.54, 1.807) is 85.9 Å². The molecule has 0 amide bonds. The van der Waals surface area contributed by atoms with Gasteiger partial charge in [0.25, 0.3) is 0 Å². The van der Waals surface area contributed by atoms with Crippen LogP contribution in [0, 0.1) is 11.8 Å². The van der Waals surface area contributed by atoms with E-state index in [0.29, 0.717) is 23.1 Å². The van der Waals surface area contributed by atoms with E-state index in [-0.39, 0.29) is 35.6 Å². The number of benzene rings is 3. The first-order chi connectivity index (χ1) is 32.3. The second-order valence-electron chi connectivity index (χ2n) is 19.5. The molecule has 10 rings (SSSR count). The minimum Gasteiger partial charge on any atom is -0.508 e. The topological polar surface area (TPSA) is 112 Å². The van der Waals surface area contributed by atoms with Gasteiger partial charge in [0, 0.05) is 33.5 Å². The third kappa shape index (κ3) is 34.8. The molecule has 392 valence electrons. The molecule has 6 saturated carbocycles. The number of phenols is 2. The number of Topliss-reactive ketones (excluding diaryl/α,β-unsaturated/α-hetero) is 2. The number of hydrogen-bond donors (Lipinski definition) is 3. The minimum absolute atomic E-state index is 0. The van der Waals surface area contributed by atoms with E-state index in [1.165, 1.54) is 103 Å². The number of para-hydroxylation sites is 2. The van der Waals surface area contributed by atoms with Gasteiger partial charge in [-0.05, 0) is 118 Å². The van der Waals surface area contributed by atoms with Crippen molar-refractivity contribution in [2.45, 2.75) is 246 Å². The molecule has 0 radical (unpaired) electrons. The van der Waals surface area contributed by atoms with E-state index < -0.39 is 0 Å². The molecule has 0 aromatic heterocycles. The van der Waals surface area contributed by atoms with Crippen LogP contribution in [0.5, 0.6) is 11.5 Å². The zero-order chi connectivity index (χ0) is 47.1. The number of carbonyl (C=O) groups excluding carboxylic acids is 3. The Morgan fingerprint density at radius 3 is 0.957 bits per heavy atom. The van der Waals surface area contributed by atoms with Crippen molar-refractivity contribution in [3.05, 3.63) is 109 Å². The van der Waals surface area contributed by atoms with Crippen molar-refractivity contribution in [3.63, 3.8) is 0 Å². The number of rotatable bonds is 2. The van der Waals surface area contributed by atoms with Crippen molar-refractivity contribution in [2.75, 3.05) is 0 Å². The van der Waals surface area contributed by atoms with Gasteiger partial charge in [-0.2, -0.15) is 0 Å². The molecular formula is C63H104O6. The Bertz CT molecular complexity index is 1550. The van der Waals surface area contributed by atoms with Crippen LogP contribution in [0.15, 0.2) is 103 Å². The molecule has 7 aliphatic rings. The van der Waals surface area contributed by atoms with Gasteiger partial charge in [-0.1, -0.05) is 211 Å². The van der Waals surface area contributed by atoms with Crippen LogP contribution in [0.4, 0.5) is 0 Å². The molecule has 3 aromatic rings. The highest BCUT2D eigenvalue weighted by atomic mass is 16.3. The zero-order valence-corrected chi connectivity index (χ0v) is 41.0. The van der Waals surface area contributed by atoms with Crippen LogP contribution >= 0.6 is 0 Å². The van der Waals surface area contributed by atoms with Gasteiger partial charge >= 0.3 is 0 Å². The van der Waals surface area contributed by atoms with E-state index in [4.69, 9.17) is 15.3 Å². The molecule has 0 atom stereocenters. The van der Waals surface area contributed by atoms with Crippen LogP contribution < -0.4 is 0 Å². The van der Waals surface area contributed by atoms with Crippen molar-refractivity contribution < 1.29 is 31.1 Å². The van der Waals surface area contributed by atoms with E-state index >= 15 is 0 Å². The van der Waals surface area contributed by atoms with E-state index in [1.807, 2.05) is 18.2 Å². The van der Waals surface area contributed by atoms with Crippen LogP contribution in [0.3, 0.4) is 0 Å². The first-order valence-electron chi connectivity index (χ1n) is 26.7. The molecule has 7 aliphatic carbocycles. The lowest BCUT2D eigenvalue weighted by Gasteiger charge is -2.32. The Hall–Kier alpha value is -4.03. The molecule has 0 unspecified atom stereocenters. The van der Waals surface area contributed by atoms with Gasteiger partial charge < -0.3 is 15.3 Å². The summed E-state index contributed by atoms with van der Waals surface area (Å²) in [6, 6.07) is 28.4. The largest absolute Gasteiger partial charge is 0.508 e. The first kappa shape index (κ1) is 65.0. The summed E-state index contributed by atoms with van der Waals surface area (Å²) in [5.74, 6) is 4.99. The van der Waals surface area contributed by atoms with Gasteiger partial charge in [0.1, 0.15) is 23.1 Å². The second-order valence-corrected chi connectivity index (χ2v) is 19.5. The number of carbonyl (C=O) groups is 3. The Labute approximate surface area is 425 Å². The Morgan fingerprint density at radius 2 is 0.710 bits per heavy atom. The quantitative estimate of drug-likeness (QED) is 0.236. The maximum atomic E-state index is 10.5. The molecule has 69 heavy (non-hydrogen) atoms. The Morgan fingerprint density at radius 1 is 0.377 bits per heavy atom. The summed E-state index contributed by atoms with van der Waals surface area (Å²) in [4.78, 5) is 31.3. The van der Waals surface area contributed by atoms with Crippen molar-refractivity contribution >= 4 is 17.3 Å². The van der Waals surface area contributed by atoms with Crippen molar-refractivity contribution in [2.24, 2.45) is 11.8 Å². The maximum Gasteiger partial charge on any atom is 0.155 e. The number of hydrogen-bond acceptors (Lipinski definition) is 6. The highest BCUT2D eigenvalue weighted by Crippen LogP contribution is 2.38. The van der Waals surface area contributed by atoms with Crippen LogP contribution in [0.25, 0.3) is 0 Å². The summed E-state index contributed by atoms with van der Waals surface area (Å²) < 4.78 is 0. The molecular weight excluding hydrogens is 853 g/mol. The number of aliphatic hydroxyl groups is 1. The summed E-state index contributed by atoms with van der Waals surface area (Å²) >= 11 is 0. The van der Waals surface area contributed by atoms with Gasteiger partial charge in [0.05, 0.1) is 6.10 Å². The lowest BCUT2D eigenvalue weighted by Crippen LogP contribution is -2.20. The molecule has 6 heteroatoms. The fourth-order valence-corrected chi connectivity index (χ4v) is 9.89. The normalized spacial score (nSPS) is 19.3. The van der Waals surface area contributed by atoms with Crippen LogP contribution in [0.2, 0.25) is 0 Å². The van der Waals surface area contributed by atoms with E-state index in [2.05, 4.69) is 30.3 Å². The maximum absolute atomic E-state index is 10.5. The highest BCUT2D eigenvalue weighted by molar-refractivity contribution is 5.90. The molecule has 0 spiro atoms. The van der Waals surface area contributed by atoms with Crippen molar-refractivity contribution in [3.8, 4) is 11.5 Å².